The molecule has 2 atom stereocenters. The topological polar surface area (TPSA) is 70.2 Å². The van der Waals surface area contributed by atoms with Gasteiger partial charge in [-0.1, -0.05) is 48.0 Å². The standard InChI is InChI=1S/C17H17N3O2/c1-11-7-9-13(10-8-11)16(21)18-15-14(19-20-17(15)22)12-5-3-2-4-6-12/h2-10,14-15,19H,1H3,(H,18,21)(H,20,22)/t14-,15-/m0/s1. The van der Waals surface area contributed by atoms with E-state index in [0.717, 1.165) is 11.1 Å². The van der Waals surface area contributed by atoms with Gasteiger partial charge in [0.05, 0.1) is 6.04 Å². The Morgan fingerprint density at radius 3 is 2.41 bits per heavy atom. The summed E-state index contributed by atoms with van der Waals surface area (Å²) >= 11 is 0. The van der Waals surface area contributed by atoms with Crippen LogP contribution in [0, 0.1) is 6.92 Å². The van der Waals surface area contributed by atoms with E-state index in [4.69, 9.17) is 0 Å². The van der Waals surface area contributed by atoms with Crippen molar-refractivity contribution in [3.8, 4) is 0 Å². The number of hydrazine groups is 1. The lowest BCUT2D eigenvalue weighted by molar-refractivity contribution is -0.121. The van der Waals surface area contributed by atoms with E-state index in [1.165, 1.54) is 0 Å². The molecule has 0 bridgehead atoms. The predicted molar refractivity (Wildman–Crippen MR) is 82.9 cm³/mol. The molecule has 0 saturated carbocycles. The van der Waals surface area contributed by atoms with Crippen molar-refractivity contribution in [3.63, 3.8) is 0 Å². The Labute approximate surface area is 128 Å². The van der Waals surface area contributed by atoms with Crippen LogP contribution in [0.5, 0.6) is 0 Å². The Balaban J connectivity index is 1.78. The van der Waals surface area contributed by atoms with Gasteiger partial charge in [0.1, 0.15) is 6.04 Å². The smallest absolute Gasteiger partial charge is 0.258 e. The van der Waals surface area contributed by atoms with Crippen molar-refractivity contribution in [2.45, 2.75) is 19.0 Å². The van der Waals surface area contributed by atoms with Crippen LogP contribution >= 0.6 is 0 Å². The largest absolute Gasteiger partial charge is 0.338 e. The molecule has 2 amide bonds. The monoisotopic (exact) mass is 295 g/mol. The van der Waals surface area contributed by atoms with Crippen LogP contribution in [-0.4, -0.2) is 17.9 Å². The van der Waals surface area contributed by atoms with Crippen LogP contribution < -0.4 is 16.2 Å². The van der Waals surface area contributed by atoms with Crippen molar-refractivity contribution in [3.05, 3.63) is 71.3 Å². The Morgan fingerprint density at radius 1 is 1.05 bits per heavy atom. The summed E-state index contributed by atoms with van der Waals surface area (Å²) in [5.74, 6) is -0.501. The fourth-order valence-corrected chi connectivity index (χ4v) is 2.48. The molecule has 5 nitrogen and oxygen atoms in total. The van der Waals surface area contributed by atoms with Gasteiger partial charge in [0.25, 0.3) is 11.8 Å². The molecule has 3 N–H and O–H groups in total. The maximum Gasteiger partial charge on any atom is 0.258 e. The van der Waals surface area contributed by atoms with Gasteiger partial charge in [-0.25, -0.2) is 5.43 Å². The minimum atomic E-state index is -0.642. The van der Waals surface area contributed by atoms with Crippen LogP contribution in [0.25, 0.3) is 0 Å². The van der Waals surface area contributed by atoms with Gasteiger partial charge in [-0.15, -0.1) is 0 Å². The summed E-state index contributed by atoms with van der Waals surface area (Å²) in [6.45, 7) is 1.96. The molecule has 0 aromatic heterocycles. The number of hydrogen-bond acceptors (Lipinski definition) is 3. The molecule has 22 heavy (non-hydrogen) atoms. The Morgan fingerprint density at radius 2 is 1.73 bits per heavy atom. The third-order valence-electron chi connectivity index (χ3n) is 3.73. The normalized spacial score (nSPS) is 20.5. The van der Waals surface area contributed by atoms with Gasteiger partial charge in [-0.2, -0.15) is 0 Å². The van der Waals surface area contributed by atoms with E-state index in [1.54, 1.807) is 12.1 Å². The van der Waals surface area contributed by atoms with Crippen LogP contribution in [0.15, 0.2) is 54.6 Å². The summed E-state index contributed by atoms with van der Waals surface area (Å²) in [5, 5.41) is 2.80. The highest BCUT2D eigenvalue weighted by Crippen LogP contribution is 2.20. The Hall–Kier alpha value is -2.66. The van der Waals surface area contributed by atoms with Crippen LogP contribution in [-0.2, 0) is 4.79 Å². The molecule has 2 aromatic rings. The third kappa shape index (κ3) is 2.84. The molecule has 1 fully saturated rings. The van der Waals surface area contributed by atoms with Crippen LogP contribution in [0.3, 0.4) is 0 Å². The van der Waals surface area contributed by atoms with Crippen LogP contribution in [0.2, 0.25) is 0 Å². The van der Waals surface area contributed by atoms with Gasteiger partial charge in [0, 0.05) is 5.56 Å². The van der Waals surface area contributed by atoms with E-state index in [-0.39, 0.29) is 17.9 Å². The van der Waals surface area contributed by atoms with Crippen molar-refractivity contribution < 1.29 is 9.59 Å². The number of rotatable bonds is 3. The lowest BCUT2D eigenvalue weighted by Gasteiger charge is -2.18. The molecule has 1 saturated heterocycles. The SMILES string of the molecule is Cc1ccc(C(=O)N[C@@H]2C(=O)NN[C@H]2c2ccccc2)cc1. The first-order valence-electron chi connectivity index (χ1n) is 7.13. The average molecular weight is 295 g/mol. The van der Waals surface area contributed by atoms with E-state index in [0.29, 0.717) is 5.56 Å². The van der Waals surface area contributed by atoms with Crippen molar-refractivity contribution >= 4 is 11.8 Å². The number of carbonyl (C=O) groups is 2. The fourth-order valence-electron chi connectivity index (χ4n) is 2.48. The quantitative estimate of drug-likeness (QED) is 0.803. The summed E-state index contributed by atoms with van der Waals surface area (Å²) in [4.78, 5) is 24.3. The number of nitrogens with one attached hydrogen (secondary N) is 3. The molecule has 1 aliphatic rings. The summed E-state index contributed by atoms with van der Waals surface area (Å²) in [5.41, 5.74) is 8.07. The van der Waals surface area contributed by atoms with E-state index in [2.05, 4.69) is 16.2 Å². The summed E-state index contributed by atoms with van der Waals surface area (Å²) in [7, 11) is 0. The third-order valence-corrected chi connectivity index (χ3v) is 3.73. The van der Waals surface area contributed by atoms with E-state index in [9.17, 15) is 9.59 Å². The predicted octanol–water partition coefficient (Wildman–Crippen LogP) is 1.47. The van der Waals surface area contributed by atoms with Gasteiger partial charge in [0.2, 0.25) is 0 Å². The molecule has 112 valence electrons. The van der Waals surface area contributed by atoms with Crippen molar-refractivity contribution in [1.82, 2.24) is 16.2 Å². The number of amides is 2. The highest BCUT2D eigenvalue weighted by molar-refractivity contribution is 5.98. The number of hydrogen-bond donors (Lipinski definition) is 3. The molecule has 0 radical (unpaired) electrons. The second-order valence-corrected chi connectivity index (χ2v) is 5.34. The highest BCUT2D eigenvalue weighted by Gasteiger charge is 2.36. The van der Waals surface area contributed by atoms with Crippen molar-refractivity contribution in [1.29, 1.82) is 0 Å². The zero-order valence-electron chi connectivity index (χ0n) is 12.2. The summed E-state index contributed by atoms with van der Waals surface area (Å²) in [6.07, 6.45) is 0. The Bertz CT molecular complexity index is 683. The molecule has 1 aliphatic heterocycles. The van der Waals surface area contributed by atoms with Crippen molar-refractivity contribution in [2.75, 3.05) is 0 Å². The van der Waals surface area contributed by atoms with Gasteiger partial charge < -0.3 is 5.32 Å². The zero-order valence-corrected chi connectivity index (χ0v) is 12.2. The fraction of sp³-hybridized carbons (Fsp3) is 0.176. The molecular formula is C17H17N3O2. The summed E-state index contributed by atoms with van der Waals surface area (Å²) < 4.78 is 0. The first kappa shape index (κ1) is 14.3. The molecule has 3 rings (SSSR count). The number of benzene rings is 2. The molecule has 0 spiro atoms. The molecule has 1 heterocycles. The van der Waals surface area contributed by atoms with Crippen LogP contribution in [0.4, 0.5) is 0 Å². The molecule has 0 aliphatic carbocycles. The van der Waals surface area contributed by atoms with Gasteiger partial charge in [0.15, 0.2) is 0 Å². The Kier molecular flexibility index (Phi) is 3.89. The first-order chi connectivity index (χ1) is 10.6. The zero-order chi connectivity index (χ0) is 15.5. The number of aryl methyl sites for hydroxylation is 1. The maximum atomic E-state index is 12.3. The maximum absolute atomic E-state index is 12.3. The first-order valence-corrected chi connectivity index (χ1v) is 7.13. The van der Waals surface area contributed by atoms with Crippen LogP contribution in [0.1, 0.15) is 27.5 Å². The summed E-state index contributed by atoms with van der Waals surface area (Å²) in [6, 6.07) is 15.9. The second kappa shape index (κ2) is 5.99. The van der Waals surface area contributed by atoms with Gasteiger partial charge in [-0.05, 0) is 24.6 Å². The van der Waals surface area contributed by atoms with Gasteiger partial charge in [-0.3, -0.25) is 15.0 Å². The second-order valence-electron chi connectivity index (χ2n) is 5.34. The average Bonchev–Trinajstić information content (AvgIpc) is 2.90. The molecular weight excluding hydrogens is 278 g/mol. The van der Waals surface area contributed by atoms with Gasteiger partial charge >= 0.3 is 0 Å². The lowest BCUT2D eigenvalue weighted by atomic mass is 10.0. The number of carbonyl (C=O) groups excluding carboxylic acids is 2. The molecule has 0 unspecified atom stereocenters. The van der Waals surface area contributed by atoms with E-state index >= 15 is 0 Å². The molecule has 5 heteroatoms. The minimum Gasteiger partial charge on any atom is -0.338 e. The van der Waals surface area contributed by atoms with E-state index in [1.807, 2.05) is 49.4 Å². The highest BCUT2D eigenvalue weighted by atomic mass is 16.2. The van der Waals surface area contributed by atoms with Crippen molar-refractivity contribution in [2.24, 2.45) is 0 Å². The minimum absolute atomic E-state index is 0.241. The molecule has 2 aromatic carbocycles. The van der Waals surface area contributed by atoms with E-state index < -0.39 is 6.04 Å². The lowest BCUT2D eigenvalue weighted by Crippen LogP contribution is -2.42.